The van der Waals surface area contributed by atoms with Gasteiger partial charge in [0.2, 0.25) is 0 Å². The van der Waals surface area contributed by atoms with Gasteiger partial charge in [0.1, 0.15) is 17.3 Å². The lowest BCUT2D eigenvalue weighted by Gasteiger charge is -2.38. The Balaban J connectivity index is 2.84. The van der Waals surface area contributed by atoms with Gasteiger partial charge in [0.25, 0.3) is 0 Å². The van der Waals surface area contributed by atoms with Crippen LogP contribution in [0, 0.1) is 0 Å². The van der Waals surface area contributed by atoms with Crippen molar-refractivity contribution in [2.75, 3.05) is 19.7 Å². The predicted octanol–water partition coefficient (Wildman–Crippen LogP) is 3.08. The summed E-state index contributed by atoms with van der Waals surface area (Å²) in [5.41, 5.74) is -1.72. The molecule has 1 fully saturated rings. The van der Waals surface area contributed by atoms with Gasteiger partial charge < -0.3 is 24.4 Å². The number of alkyl halides is 3. The Morgan fingerprint density at radius 1 is 1.08 bits per heavy atom. The van der Waals surface area contributed by atoms with E-state index >= 15 is 0 Å². The number of carbonyl (C=O) groups is 2. The lowest BCUT2D eigenvalue weighted by molar-refractivity contribution is -0.192. The number of amides is 2. The number of ether oxygens (including phenoxy) is 3. The second kappa shape index (κ2) is 7.89. The van der Waals surface area contributed by atoms with Gasteiger partial charge in [-0.05, 0) is 41.5 Å². The SMILES string of the molecule is CC(C)(C)OC(=O)NC(C1CN(C(=O)OC(C)(C)C)CCO1)C(F)(F)F. The number of alkyl carbamates (subject to hydrolysis) is 1. The van der Waals surface area contributed by atoms with Crippen LogP contribution < -0.4 is 5.32 Å². The van der Waals surface area contributed by atoms with Crippen molar-refractivity contribution in [2.45, 2.75) is 71.1 Å². The predicted molar refractivity (Wildman–Crippen MR) is 86.8 cm³/mol. The monoisotopic (exact) mass is 384 g/mol. The van der Waals surface area contributed by atoms with Crippen LogP contribution in [0.1, 0.15) is 41.5 Å². The smallest absolute Gasteiger partial charge is 0.411 e. The minimum atomic E-state index is -4.78. The van der Waals surface area contributed by atoms with E-state index in [1.807, 2.05) is 0 Å². The summed E-state index contributed by atoms with van der Waals surface area (Å²) in [5.74, 6) is 0. The number of rotatable bonds is 2. The zero-order chi connectivity index (χ0) is 20.3. The van der Waals surface area contributed by atoms with Crippen molar-refractivity contribution in [3.8, 4) is 0 Å². The molecule has 0 aromatic carbocycles. The van der Waals surface area contributed by atoms with E-state index in [9.17, 15) is 22.8 Å². The third-order valence-electron chi connectivity index (χ3n) is 3.14. The van der Waals surface area contributed by atoms with E-state index in [2.05, 4.69) is 0 Å². The van der Waals surface area contributed by atoms with E-state index in [0.29, 0.717) is 0 Å². The minimum absolute atomic E-state index is 0.0996. The Bertz CT molecular complexity index is 511. The summed E-state index contributed by atoms with van der Waals surface area (Å²) >= 11 is 0. The topological polar surface area (TPSA) is 77.1 Å². The van der Waals surface area contributed by atoms with E-state index in [4.69, 9.17) is 14.2 Å². The molecule has 0 radical (unpaired) electrons. The van der Waals surface area contributed by atoms with Crippen LogP contribution >= 0.6 is 0 Å². The van der Waals surface area contributed by atoms with Crippen LogP contribution in [0.4, 0.5) is 22.8 Å². The van der Waals surface area contributed by atoms with Crippen molar-refractivity contribution in [1.29, 1.82) is 0 Å². The number of nitrogens with one attached hydrogen (secondary N) is 1. The quantitative estimate of drug-likeness (QED) is 0.792. The lowest BCUT2D eigenvalue weighted by Crippen LogP contribution is -2.60. The van der Waals surface area contributed by atoms with Crippen molar-refractivity contribution in [2.24, 2.45) is 0 Å². The number of carbonyl (C=O) groups excluding carboxylic acids is 2. The molecule has 152 valence electrons. The molecule has 2 unspecified atom stereocenters. The van der Waals surface area contributed by atoms with Crippen LogP contribution in [0.25, 0.3) is 0 Å². The normalized spacial score (nSPS) is 20.3. The molecule has 0 saturated carbocycles. The largest absolute Gasteiger partial charge is 0.444 e. The molecule has 0 spiro atoms. The molecule has 1 aliphatic heterocycles. The first-order valence-electron chi connectivity index (χ1n) is 8.24. The summed E-state index contributed by atoms with van der Waals surface area (Å²) in [6.07, 6.45) is -8.19. The molecule has 1 N–H and O–H groups in total. The van der Waals surface area contributed by atoms with Gasteiger partial charge in [-0.15, -0.1) is 0 Å². The van der Waals surface area contributed by atoms with Crippen molar-refractivity contribution in [3.05, 3.63) is 0 Å². The fourth-order valence-electron chi connectivity index (χ4n) is 2.19. The minimum Gasteiger partial charge on any atom is -0.444 e. The first-order valence-corrected chi connectivity index (χ1v) is 8.24. The Morgan fingerprint density at radius 2 is 1.62 bits per heavy atom. The maximum absolute atomic E-state index is 13.4. The molecule has 1 rings (SSSR count). The van der Waals surface area contributed by atoms with Crippen LogP contribution in [0.3, 0.4) is 0 Å². The first-order chi connectivity index (χ1) is 11.6. The van der Waals surface area contributed by atoms with Crippen LogP contribution in [0.5, 0.6) is 0 Å². The highest BCUT2D eigenvalue weighted by molar-refractivity contribution is 5.69. The number of halogens is 3. The van der Waals surface area contributed by atoms with Gasteiger partial charge in [0.05, 0.1) is 13.2 Å². The van der Waals surface area contributed by atoms with E-state index in [1.54, 1.807) is 26.1 Å². The average Bonchev–Trinajstić information content (AvgIpc) is 2.40. The van der Waals surface area contributed by atoms with Gasteiger partial charge in [-0.3, -0.25) is 0 Å². The Kier molecular flexibility index (Phi) is 6.78. The number of hydrogen-bond acceptors (Lipinski definition) is 5. The maximum Gasteiger partial charge on any atom is 0.411 e. The van der Waals surface area contributed by atoms with E-state index in [-0.39, 0.29) is 19.7 Å². The molecular formula is C16H27F3N2O5. The summed E-state index contributed by atoms with van der Waals surface area (Å²) in [4.78, 5) is 25.0. The second-order valence-corrected chi connectivity index (χ2v) is 8.00. The molecule has 1 saturated heterocycles. The highest BCUT2D eigenvalue weighted by atomic mass is 19.4. The first kappa shape index (κ1) is 22.3. The summed E-state index contributed by atoms with van der Waals surface area (Å²) in [7, 11) is 0. The molecule has 0 aromatic rings. The third-order valence-corrected chi connectivity index (χ3v) is 3.14. The fourth-order valence-corrected chi connectivity index (χ4v) is 2.19. The van der Waals surface area contributed by atoms with Crippen molar-refractivity contribution < 1.29 is 37.0 Å². The molecule has 1 heterocycles. The molecule has 26 heavy (non-hydrogen) atoms. The van der Waals surface area contributed by atoms with E-state index in [0.717, 1.165) is 4.90 Å². The fraction of sp³-hybridized carbons (Fsp3) is 0.875. The number of nitrogens with zero attached hydrogens (tertiary/aromatic N) is 1. The molecule has 1 aliphatic rings. The molecule has 0 aromatic heterocycles. The van der Waals surface area contributed by atoms with Crippen molar-refractivity contribution in [1.82, 2.24) is 10.2 Å². The highest BCUT2D eigenvalue weighted by Crippen LogP contribution is 2.27. The zero-order valence-electron chi connectivity index (χ0n) is 15.9. The molecule has 2 atom stereocenters. The van der Waals surface area contributed by atoms with Crippen LogP contribution in [0.2, 0.25) is 0 Å². The molecule has 0 aliphatic carbocycles. The van der Waals surface area contributed by atoms with Gasteiger partial charge in [0.15, 0.2) is 6.04 Å². The summed E-state index contributed by atoms with van der Waals surface area (Å²) in [6.45, 7) is 9.22. The Hall–Kier alpha value is -1.71. The standard InChI is InChI=1S/C16H27F3N2O5/c1-14(2,3)25-12(22)20-11(16(17,18)19)10-9-21(7-8-24-10)13(23)26-15(4,5)6/h10-11H,7-9H2,1-6H3,(H,20,22). The van der Waals surface area contributed by atoms with E-state index in [1.165, 1.54) is 20.8 Å². The van der Waals surface area contributed by atoms with Crippen LogP contribution in [-0.4, -0.2) is 66.3 Å². The number of hydrogen-bond donors (Lipinski definition) is 1. The van der Waals surface area contributed by atoms with E-state index < -0.39 is 41.7 Å². The van der Waals surface area contributed by atoms with Gasteiger partial charge >= 0.3 is 18.4 Å². The van der Waals surface area contributed by atoms with Gasteiger partial charge in [0, 0.05) is 6.54 Å². The molecule has 2 amide bonds. The molecule has 10 heteroatoms. The number of morpholine rings is 1. The van der Waals surface area contributed by atoms with Gasteiger partial charge in [-0.25, -0.2) is 9.59 Å². The highest BCUT2D eigenvalue weighted by Gasteiger charge is 2.49. The molecular weight excluding hydrogens is 357 g/mol. The lowest BCUT2D eigenvalue weighted by atomic mass is 10.1. The van der Waals surface area contributed by atoms with Gasteiger partial charge in [-0.1, -0.05) is 0 Å². The van der Waals surface area contributed by atoms with Crippen molar-refractivity contribution in [3.63, 3.8) is 0 Å². The van der Waals surface area contributed by atoms with Crippen LogP contribution in [-0.2, 0) is 14.2 Å². The zero-order valence-corrected chi connectivity index (χ0v) is 15.9. The maximum atomic E-state index is 13.4. The second-order valence-electron chi connectivity index (χ2n) is 8.00. The molecule has 0 bridgehead atoms. The third kappa shape index (κ3) is 7.67. The summed E-state index contributed by atoms with van der Waals surface area (Å²) in [6, 6.07) is -2.32. The Labute approximate surface area is 151 Å². The summed E-state index contributed by atoms with van der Waals surface area (Å²) in [5, 5.41) is 1.80. The molecule has 7 nitrogen and oxygen atoms in total. The Morgan fingerprint density at radius 3 is 2.08 bits per heavy atom. The average molecular weight is 384 g/mol. The van der Waals surface area contributed by atoms with Crippen LogP contribution in [0.15, 0.2) is 0 Å². The van der Waals surface area contributed by atoms with Gasteiger partial charge in [-0.2, -0.15) is 13.2 Å². The summed E-state index contributed by atoms with van der Waals surface area (Å²) < 4.78 is 55.5. The van der Waals surface area contributed by atoms with Crippen molar-refractivity contribution >= 4 is 12.2 Å².